The van der Waals surface area contributed by atoms with Crippen LogP contribution in [-0.2, 0) is 0 Å². The molecule has 2 rings (SSSR count). The first kappa shape index (κ1) is 10.4. The molecule has 82 valence electrons. The molecule has 2 aliphatic rings. The first-order valence-corrected chi connectivity index (χ1v) is 5.56. The van der Waals surface area contributed by atoms with E-state index in [2.05, 4.69) is 9.80 Å². The lowest BCUT2D eigenvalue weighted by Crippen LogP contribution is -2.33. The third-order valence-electron chi connectivity index (χ3n) is 3.27. The smallest absolute Gasteiger partial charge is 0.0938 e. The molecule has 14 heavy (non-hydrogen) atoms. The molecule has 2 fully saturated rings. The van der Waals surface area contributed by atoms with E-state index in [1.807, 2.05) is 0 Å². The van der Waals surface area contributed by atoms with Gasteiger partial charge >= 0.3 is 0 Å². The van der Waals surface area contributed by atoms with Crippen LogP contribution in [0, 0.1) is 0 Å². The van der Waals surface area contributed by atoms with Gasteiger partial charge in [0.15, 0.2) is 0 Å². The fourth-order valence-electron chi connectivity index (χ4n) is 2.32. The van der Waals surface area contributed by atoms with Crippen LogP contribution in [0.4, 0.5) is 0 Å². The van der Waals surface area contributed by atoms with Gasteiger partial charge in [0.25, 0.3) is 0 Å². The second-order valence-electron chi connectivity index (χ2n) is 4.44. The molecule has 0 aromatic carbocycles. The van der Waals surface area contributed by atoms with Crippen molar-refractivity contribution < 1.29 is 10.2 Å². The third kappa shape index (κ3) is 2.45. The SMILES string of the molecule is OC1CN(CCN2CCCC2)CC1O. The van der Waals surface area contributed by atoms with Gasteiger partial charge in [0, 0.05) is 26.2 Å². The quantitative estimate of drug-likeness (QED) is 0.621. The lowest BCUT2D eigenvalue weighted by molar-refractivity contribution is 0.0572. The summed E-state index contributed by atoms with van der Waals surface area (Å²) in [6.07, 6.45) is 1.58. The van der Waals surface area contributed by atoms with Crippen molar-refractivity contribution in [1.82, 2.24) is 9.80 Å². The van der Waals surface area contributed by atoms with E-state index in [0.29, 0.717) is 13.1 Å². The summed E-state index contributed by atoms with van der Waals surface area (Å²) in [6, 6.07) is 0. The molecule has 0 spiro atoms. The van der Waals surface area contributed by atoms with Crippen LogP contribution in [0.25, 0.3) is 0 Å². The van der Waals surface area contributed by atoms with E-state index in [1.54, 1.807) is 0 Å². The van der Waals surface area contributed by atoms with Gasteiger partial charge in [-0.1, -0.05) is 0 Å². The largest absolute Gasteiger partial charge is 0.389 e. The van der Waals surface area contributed by atoms with Crippen LogP contribution in [0.3, 0.4) is 0 Å². The van der Waals surface area contributed by atoms with E-state index in [1.165, 1.54) is 25.9 Å². The summed E-state index contributed by atoms with van der Waals surface area (Å²) in [7, 11) is 0. The molecule has 0 aromatic heterocycles. The maximum absolute atomic E-state index is 9.35. The molecule has 2 heterocycles. The fourth-order valence-corrected chi connectivity index (χ4v) is 2.32. The van der Waals surface area contributed by atoms with Crippen LogP contribution in [0.15, 0.2) is 0 Å². The van der Waals surface area contributed by atoms with E-state index in [-0.39, 0.29) is 0 Å². The topological polar surface area (TPSA) is 46.9 Å². The Morgan fingerprint density at radius 1 is 0.857 bits per heavy atom. The van der Waals surface area contributed by atoms with Gasteiger partial charge in [-0.2, -0.15) is 0 Å². The highest BCUT2D eigenvalue weighted by molar-refractivity contribution is 4.83. The Hall–Kier alpha value is -0.160. The number of hydrogen-bond donors (Lipinski definition) is 2. The Morgan fingerprint density at radius 3 is 1.93 bits per heavy atom. The molecule has 0 bridgehead atoms. The molecular formula is C10H20N2O2. The average Bonchev–Trinajstić information content (AvgIpc) is 2.74. The van der Waals surface area contributed by atoms with E-state index in [0.717, 1.165) is 13.1 Å². The molecule has 2 saturated heterocycles. The molecule has 2 atom stereocenters. The van der Waals surface area contributed by atoms with Crippen LogP contribution in [0.5, 0.6) is 0 Å². The number of rotatable bonds is 3. The number of aliphatic hydroxyl groups excluding tert-OH is 2. The van der Waals surface area contributed by atoms with Crippen LogP contribution >= 0.6 is 0 Å². The van der Waals surface area contributed by atoms with Gasteiger partial charge in [0.2, 0.25) is 0 Å². The maximum Gasteiger partial charge on any atom is 0.0938 e. The molecule has 0 aromatic rings. The Kier molecular flexibility index (Phi) is 3.38. The first-order chi connectivity index (χ1) is 6.75. The lowest BCUT2D eigenvalue weighted by Gasteiger charge is -2.20. The lowest BCUT2D eigenvalue weighted by atomic mass is 10.3. The highest BCUT2D eigenvalue weighted by atomic mass is 16.3. The number of β-amino-alcohol motifs (C(OH)–C–C–N with tert-alkyl or cyclic N) is 2. The second-order valence-corrected chi connectivity index (χ2v) is 4.44. The fraction of sp³-hybridized carbons (Fsp3) is 1.00. The zero-order valence-electron chi connectivity index (χ0n) is 8.60. The maximum atomic E-state index is 9.35. The Morgan fingerprint density at radius 2 is 1.36 bits per heavy atom. The average molecular weight is 200 g/mol. The van der Waals surface area contributed by atoms with Gasteiger partial charge in [-0.15, -0.1) is 0 Å². The van der Waals surface area contributed by atoms with Gasteiger partial charge in [-0.3, -0.25) is 4.90 Å². The van der Waals surface area contributed by atoms with E-state index >= 15 is 0 Å². The number of likely N-dealkylation sites (tertiary alicyclic amines) is 2. The van der Waals surface area contributed by atoms with Crippen molar-refractivity contribution in [3.8, 4) is 0 Å². The summed E-state index contributed by atoms with van der Waals surface area (Å²) < 4.78 is 0. The zero-order chi connectivity index (χ0) is 9.97. The molecule has 2 aliphatic heterocycles. The van der Waals surface area contributed by atoms with Crippen LogP contribution in [-0.4, -0.2) is 71.5 Å². The third-order valence-corrected chi connectivity index (χ3v) is 3.27. The molecule has 4 heteroatoms. The number of aliphatic hydroxyl groups is 2. The Bertz CT molecular complexity index is 173. The number of nitrogens with zero attached hydrogens (tertiary/aromatic N) is 2. The van der Waals surface area contributed by atoms with E-state index < -0.39 is 12.2 Å². The van der Waals surface area contributed by atoms with Crippen molar-refractivity contribution in [1.29, 1.82) is 0 Å². The standard InChI is InChI=1S/C10H20N2O2/c13-9-7-12(8-10(9)14)6-5-11-3-1-2-4-11/h9-10,13-14H,1-8H2. The van der Waals surface area contributed by atoms with E-state index in [9.17, 15) is 10.2 Å². The molecule has 2 N–H and O–H groups in total. The predicted molar refractivity (Wildman–Crippen MR) is 54.1 cm³/mol. The van der Waals surface area contributed by atoms with Gasteiger partial charge in [0.05, 0.1) is 12.2 Å². The summed E-state index contributed by atoms with van der Waals surface area (Å²) in [6.45, 7) is 5.77. The van der Waals surface area contributed by atoms with Crippen LogP contribution in [0.1, 0.15) is 12.8 Å². The summed E-state index contributed by atoms with van der Waals surface area (Å²) in [4.78, 5) is 4.60. The second kappa shape index (κ2) is 4.57. The van der Waals surface area contributed by atoms with Crippen molar-refractivity contribution in [2.45, 2.75) is 25.0 Å². The van der Waals surface area contributed by atoms with Gasteiger partial charge in [-0.25, -0.2) is 0 Å². The first-order valence-electron chi connectivity index (χ1n) is 5.56. The van der Waals surface area contributed by atoms with Crippen LogP contribution < -0.4 is 0 Å². The van der Waals surface area contributed by atoms with Crippen molar-refractivity contribution in [3.05, 3.63) is 0 Å². The minimum Gasteiger partial charge on any atom is -0.389 e. The van der Waals surface area contributed by atoms with Gasteiger partial charge in [-0.05, 0) is 25.9 Å². The van der Waals surface area contributed by atoms with Gasteiger partial charge < -0.3 is 15.1 Å². The molecule has 0 radical (unpaired) electrons. The Labute approximate surface area is 85.1 Å². The Balaban J connectivity index is 1.66. The molecule has 0 aliphatic carbocycles. The highest BCUT2D eigenvalue weighted by Crippen LogP contribution is 2.11. The van der Waals surface area contributed by atoms with Crippen molar-refractivity contribution in [2.75, 3.05) is 39.3 Å². The summed E-state index contributed by atoms with van der Waals surface area (Å²) in [5.74, 6) is 0. The molecule has 0 amide bonds. The van der Waals surface area contributed by atoms with Crippen molar-refractivity contribution in [3.63, 3.8) is 0 Å². The van der Waals surface area contributed by atoms with Crippen molar-refractivity contribution in [2.24, 2.45) is 0 Å². The van der Waals surface area contributed by atoms with E-state index in [4.69, 9.17) is 0 Å². The molecule has 2 unspecified atom stereocenters. The molecule has 4 nitrogen and oxygen atoms in total. The normalized spacial score (nSPS) is 35.6. The summed E-state index contributed by atoms with van der Waals surface area (Å²) in [5.41, 5.74) is 0. The summed E-state index contributed by atoms with van der Waals surface area (Å²) in [5, 5.41) is 18.7. The molecular weight excluding hydrogens is 180 g/mol. The predicted octanol–water partition coefficient (Wildman–Crippen LogP) is -0.880. The van der Waals surface area contributed by atoms with Crippen LogP contribution in [0.2, 0.25) is 0 Å². The van der Waals surface area contributed by atoms with Crippen molar-refractivity contribution >= 4 is 0 Å². The molecule has 0 saturated carbocycles. The zero-order valence-corrected chi connectivity index (χ0v) is 8.60. The van der Waals surface area contributed by atoms with Gasteiger partial charge in [0.1, 0.15) is 0 Å². The number of hydrogen-bond acceptors (Lipinski definition) is 4. The minimum atomic E-state index is -0.534. The monoisotopic (exact) mass is 200 g/mol. The summed E-state index contributed by atoms with van der Waals surface area (Å²) >= 11 is 0. The highest BCUT2D eigenvalue weighted by Gasteiger charge is 2.29. The minimum absolute atomic E-state index is 0.534.